The minimum absolute atomic E-state index is 0.822. The summed E-state index contributed by atoms with van der Waals surface area (Å²) in [6, 6.07) is 0. The first kappa shape index (κ1) is 12.4. The fourth-order valence-electron chi connectivity index (χ4n) is 1.27. The summed E-state index contributed by atoms with van der Waals surface area (Å²) >= 11 is 3.21. The zero-order valence-corrected chi connectivity index (χ0v) is 11.7. The second kappa shape index (κ2) is 5.52. The van der Waals surface area contributed by atoms with Crippen LogP contribution in [0.15, 0.2) is 5.38 Å². The molecular weight excluding hydrogens is 254 g/mol. The number of rotatable bonds is 5. The van der Waals surface area contributed by atoms with E-state index in [-0.39, 0.29) is 0 Å². The SMILES string of the molecule is CNc1nnc(-c2csc(CCN(C)C)n2)s1. The Balaban J connectivity index is 2.07. The number of thiazole rings is 1. The van der Waals surface area contributed by atoms with Gasteiger partial charge in [0.2, 0.25) is 5.13 Å². The van der Waals surface area contributed by atoms with E-state index in [4.69, 9.17) is 0 Å². The van der Waals surface area contributed by atoms with Crippen LogP contribution in [-0.2, 0) is 6.42 Å². The Labute approximate surface area is 109 Å². The molecule has 0 atom stereocenters. The van der Waals surface area contributed by atoms with Crippen LogP contribution in [0.1, 0.15) is 5.01 Å². The van der Waals surface area contributed by atoms with Gasteiger partial charge in [0.05, 0.1) is 5.01 Å². The number of nitrogens with one attached hydrogen (secondary N) is 1. The van der Waals surface area contributed by atoms with Gasteiger partial charge in [-0.25, -0.2) is 4.98 Å². The van der Waals surface area contributed by atoms with E-state index >= 15 is 0 Å². The van der Waals surface area contributed by atoms with Gasteiger partial charge in [-0.15, -0.1) is 21.5 Å². The molecule has 92 valence electrons. The molecule has 2 aromatic heterocycles. The van der Waals surface area contributed by atoms with Crippen molar-refractivity contribution in [1.29, 1.82) is 0 Å². The number of aromatic nitrogens is 3. The van der Waals surface area contributed by atoms with Crippen LogP contribution >= 0.6 is 22.7 Å². The predicted molar refractivity (Wildman–Crippen MR) is 72.8 cm³/mol. The zero-order chi connectivity index (χ0) is 12.3. The minimum Gasteiger partial charge on any atom is -0.363 e. The molecule has 0 bridgehead atoms. The summed E-state index contributed by atoms with van der Waals surface area (Å²) in [6.07, 6.45) is 0.982. The monoisotopic (exact) mass is 269 g/mol. The topological polar surface area (TPSA) is 53.9 Å². The molecule has 0 spiro atoms. The van der Waals surface area contributed by atoms with Gasteiger partial charge in [-0.05, 0) is 14.1 Å². The molecule has 2 aromatic rings. The largest absolute Gasteiger partial charge is 0.363 e. The van der Waals surface area contributed by atoms with Crippen molar-refractivity contribution in [3.8, 4) is 10.7 Å². The van der Waals surface area contributed by atoms with Crippen molar-refractivity contribution >= 4 is 27.8 Å². The number of likely N-dealkylation sites (N-methyl/N-ethyl adjacent to an activating group) is 1. The third-order valence-electron chi connectivity index (χ3n) is 2.18. The molecule has 0 saturated heterocycles. The third-order valence-corrected chi connectivity index (χ3v) is 4.05. The van der Waals surface area contributed by atoms with Crippen molar-refractivity contribution in [3.05, 3.63) is 10.4 Å². The summed E-state index contributed by atoms with van der Waals surface area (Å²) in [5.41, 5.74) is 0.933. The molecule has 0 saturated carbocycles. The summed E-state index contributed by atoms with van der Waals surface area (Å²) in [5.74, 6) is 0. The lowest BCUT2D eigenvalue weighted by atomic mass is 10.4. The molecule has 17 heavy (non-hydrogen) atoms. The van der Waals surface area contributed by atoms with Gasteiger partial charge in [-0.1, -0.05) is 11.3 Å². The molecule has 1 N–H and O–H groups in total. The maximum atomic E-state index is 4.57. The second-order valence-electron chi connectivity index (χ2n) is 3.84. The number of anilines is 1. The molecule has 0 radical (unpaired) electrons. The lowest BCUT2D eigenvalue weighted by Gasteiger charge is -2.06. The third kappa shape index (κ3) is 3.21. The van der Waals surface area contributed by atoms with Crippen molar-refractivity contribution in [1.82, 2.24) is 20.1 Å². The molecule has 0 unspecified atom stereocenters. The van der Waals surface area contributed by atoms with E-state index in [1.807, 2.05) is 12.4 Å². The summed E-state index contributed by atoms with van der Waals surface area (Å²) < 4.78 is 0. The van der Waals surface area contributed by atoms with E-state index in [9.17, 15) is 0 Å². The smallest absolute Gasteiger partial charge is 0.205 e. The molecule has 2 rings (SSSR count). The molecule has 0 amide bonds. The van der Waals surface area contributed by atoms with E-state index in [0.29, 0.717) is 0 Å². The Morgan fingerprint density at radius 1 is 1.35 bits per heavy atom. The van der Waals surface area contributed by atoms with Gasteiger partial charge >= 0.3 is 0 Å². The highest BCUT2D eigenvalue weighted by Crippen LogP contribution is 2.27. The lowest BCUT2D eigenvalue weighted by Crippen LogP contribution is -2.14. The van der Waals surface area contributed by atoms with Crippen LogP contribution in [0.5, 0.6) is 0 Å². The number of hydrogen-bond donors (Lipinski definition) is 1. The first-order chi connectivity index (χ1) is 8.19. The first-order valence-corrected chi connectivity index (χ1v) is 6.99. The van der Waals surface area contributed by atoms with Crippen molar-refractivity contribution in [2.45, 2.75) is 6.42 Å². The normalized spacial score (nSPS) is 11.1. The highest BCUT2D eigenvalue weighted by atomic mass is 32.1. The highest BCUT2D eigenvalue weighted by molar-refractivity contribution is 7.18. The first-order valence-electron chi connectivity index (χ1n) is 5.30. The van der Waals surface area contributed by atoms with E-state index in [1.54, 1.807) is 11.3 Å². The quantitative estimate of drug-likeness (QED) is 0.897. The van der Waals surface area contributed by atoms with Gasteiger partial charge in [0.1, 0.15) is 5.69 Å². The van der Waals surface area contributed by atoms with E-state index < -0.39 is 0 Å². The summed E-state index contributed by atoms with van der Waals surface area (Å²) in [6.45, 7) is 1.02. The molecule has 5 nitrogen and oxygen atoms in total. The Morgan fingerprint density at radius 2 is 2.18 bits per heavy atom. The fraction of sp³-hybridized carbons (Fsp3) is 0.500. The Morgan fingerprint density at radius 3 is 2.82 bits per heavy atom. The van der Waals surface area contributed by atoms with E-state index in [0.717, 1.165) is 33.8 Å². The average molecular weight is 269 g/mol. The van der Waals surface area contributed by atoms with Crippen molar-refractivity contribution < 1.29 is 0 Å². The molecule has 7 heteroatoms. The number of hydrogen-bond acceptors (Lipinski definition) is 7. The Hall–Kier alpha value is -1.05. The van der Waals surface area contributed by atoms with Gasteiger partial charge < -0.3 is 10.2 Å². The standard InChI is InChI=1S/C10H15N5S2/c1-11-10-14-13-9(17-10)7-6-16-8(12-7)4-5-15(2)3/h6H,4-5H2,1-3H3,(H,11,14). The van der Waals surface area contributed by atoms with Gasteiger partial charge in [0.25, 0.3) is 0 Å². The van der Waals surface area contributed by atoms with Gasteiger partial charge in [0.15, 0.2) is 5.01 Å². The molecule has 0 aliphatic heterocycles. The van der Waals surface area contributed by atoms with Crippen LogP contribution < -0.4 is 5.32 Å². The van der Waals surface area contributed by atoms with Crippen LogP contribution in [0.2, 0.25) is 0 Å². The van der Waals surface area contributed by atoms with Crippen LogP contribution in [0, 0.1) is 0 Å². The Bertz CT molecular complexity index is 477. The van der Waals surface area contributed by atoms with Gasteiger partial charge in [0, 0.05) is 25.4 Å². The van der Waals surface area contributed by atoms with E-state index in [2.05, 4.69) is 39.5 Å². The maximum Gasteiger partial charge on any atom is 0.205 e. The van der Waals surface area contributed by atoms with E-state index in [1.165, 1.54) is 11.3 Å². The van der Waals surface area contributed by atoms with Crippen molar-refractivity contribution in [2.24, 2.45) is 0 Å². The molecule has 2 heterocycles. The maximum absolute atomic E-state index is 4.57. The summed E-state index contributed by atoms with van der Waals surface area (Å²) in [4.78, 5) is 6.73. The minimum atomic E-state index is 0.822. The molecular formula is C10H15N5S2. The zero-order valence-electron chi connectivity index (χ0n) is 10.1. The highest BCUT2D eigenvalue weighted by Gasteiger charge is 2.10. The van der Waals surface area contributed by atoms with Crippen LogP contribution in [-0.4, -0.2) is 47.8 Å². The number of nitrogens with zero attached hydrogens (tertiary/aromatic N) is 4. The average Bonchev–Trinajstić information content (AvgIpc) is 2.94. The fourth-order valence-corrected chi connectivity index (χ4v) is 2.78. The molecule has 0 aliphatic carbocycles. The van der Waals surface area contributed by atoms with Gasteiger partial charge in [-0.3, -0.25) is 0 Å². The van der Waals surface area contributed by atoms with Crippen LogP contribution in [0.25, 0.3) is 10.7 Å². The molecule has 0 aromatic carbocycles. The second-order valence-corrected chi connectivity index (χ2v) is 5.76. The Kier molecular flexibility index (Phi) is 4.03. The van der Waals surface area contributed by atoms with Crippen LogP contribution in [0.4, 0.5) is 5.13 Å². The predicted octanol–water partition coefficient (Wildman–Crippen LogP) is 1.81. The van der Waals surface area contributed by atoms with Gasteiger partial charge in [-0.2, -0.15) is 0 Å². The lowest BCUT2D eigenvalue weighted by molar-refractivity contribution is 0.413. The van der Waals surface area contributed by atoms with Crippen molar-refractivity contribution in [3.63, 3.8) is 0 Å². The molecule has 0 fully saturated rings. The van der Waals surface area contributed by atoms with Crippen molar-refractivity contribution in [2.75, 3.05) is 33.0 Å². The van der Waals surface area contributed by atoms with Crippen LogP contribution in [0.3, 0.4) is 0 Å². The summed E-state index contributed by atoms with van der Waals surface area (Å²) in [5, 5.41) is 16.0. The molecule has 0 aliphatic rings. The summed E-state index contributed by atoms with van der Waals surface area (Å²) in [7, 11) is 5.98.